The molecular formula is C14H20Se4. The molecule has 0 bridgehead atoms. The molecule has 0 nitrogen and oxygen atoms in total. The summed E-state index contributed by atoms with van der Waals surface area (Å²) in [5.41, 5.74) is 0. The monoisotopic (exact) mass is 508 g/mol. The first-order valence-corrected chi connectivity index (χ1v) is 14.7. The van der Waals surface area contributed by atoms with Gasteiger partial charge in [0.05, 0.1) is 0 Å². The Morgan fingerprint density at radius 2 is 0.667 bits per heavy atom. The molecule has 18 heavy (non-hydrogen) atoms. The van der Waals surface area contributed by atoms with Crippen molar-refractivity contribution in [2.45, 2.75) is 59.8 Å². The second-order valence-corrected chi connectivity index (χ2v) is 11.5. The third-order valence-electron chi connectivity index (χ3n) is 2.36. The third kappa shape index (κ3) is 12.2. The number of hydrogen-bond acceptors (Lipinski definition) is 0. The molecule has 0 saturated carbocycles. The van der Waals surface area contributed by atoms with Gasteiger partial charge < -0.3 is 0 Å². The van der Waals surface area contributed by atoms with Gasteiger partial charge in [-0.3, -0.25) is 0 Å². The fourth-order valence-electron chi connectivity index (χ4n) is 1.37. The van der Waals surface area contributed by atoms with Crippen molar-refractivity contribution in [3.8, 4) is 19.3 Å². The molecule has 0 amide bonds. The van der Waals surface area contributed by atoms with Gasteiger partial charge in [0.2, 0.25) is 0 Å². The molecule has 1 aliphatic heterocycles. The molecule has 1 aliphatic rings. The molecule has 100 valence electrons. The second-order valence-electron chi connectivity index (χ2n) is 3.92. The predicted molar refractivity (Wildman–Crippen MR) is 85.5 cm³/mol. The Labute approximate surface area is 138 Å². The van der Waals surface area contributed by atoms with Crippen LogP contribution in [0.4, 0.5) is 0 Å². The van der Waals surface area contributed by atoms with Crippen molar-refractivity contribution >= 4 is 59.8 Å². The average Bonchev–Trinajstić information content (AvgIpc) is 2.39. The Morgan fingerprint density at radius 3 is 0.944 bits per heavy atom. The van der Waals surface area contributed by atoms with Crippen molar-refractivity contribution in [3.05, 3.63) is 0 Å². The second kappa shape index (κ2) is 14.6. The average molecular weight is 504 g/mol. The molecule has 0 spiro atoms. The van der Waals surface area contributed by atoms with Crippen LogP contribution in [0, 0.1) is 19.3 Å². The zero-order valence-corrected chi connectivity index (χ0v) is 17.6. The molecule has 0 saturated heterocycles. The Morgan fingerprint density at radius 1 is 0.389 bits per heavy atom. The molecule has 0 aromatic heterocycles. The molecule has 1 heterocycles. The predicted octanol–water partition coefficient (Wildman–Crippen LogP) is 2.67. The first-order chi connectivity index (χ1) is 9.00. The van der Waals surface area contributed by atoms with Crippen molar-refractivity contribution < 1.29 is 0 Å². The van der Waals surface area contributed by atoms with Gasteiger partial charge in [0.1, 0.15) is 0 Å². The summed E-state index contributed by atoms with van der Waals surface area (Å²) in [5, 5.41) is 5.49. The molecule has 4 heteroatoms. The van der Waals surface area contributed by atoms with Gasteiger partial charge in [-0.15, -0.1) is 0 Å². The van der Waals surface area contributed by atoms with Gasteiger partial charge in [-0.05, 0) is 0 Å². The van der Waals surface area contributed by atoms with Crippen LogP contribution in [0.3, 0.4) is 0 Å². The van der Waals surface area contributed by atoms with E-state index in [9.17, 15) is 0 Å². The minimum atomic E-state index is 0.612. The summed E-state index contributed by atoms with van der Waals surface area (Å²) in [6.07, 6.45) is 8.40. The summed E-state index contributed by atoms with van der Waals surface area (Å²) in [4.78, 5) is 13.7. The van der Waals surface area contributed by atoms with Gasteiger partial charge in [0, 0.05) is 0 Å². The van der Waals surface area contributed by atoms with Gasteiger partial charge in [0.25, 0.3) is 0 Å². The molecule has 0 N–H and O–H groups in total. The van der Waals surface area contributed by atoms with Crippen LogP contribution in [0.15, 0.2) is 0 Å². The molecule has 0 fully saturated rings. The van der Waals surface area contributed by atoms with Crippen LogP contribution < -0.4 is 0 Å². The van der Waals surface area contributed by atoms with E-state index in [0.29, 0.717) is 59.8 Å². The van der Waals surface area contributed by atoms with E-state index in [1.807, 2.05) is 0 Å². The molecular weight excluding hydrogens is 484 g/mol. The summed E-state index contributed by atoms with van der Waals surface area (Å²) in [6, 6.07) is 0. The van der Waals surface area contributed by atoms with Crippen molar-refractivity contribution in [2.24, 2.45) is 0 Å². The van der Waals surface area contributed by atoms with E-state index >= 15 is 0 Å². The third-order valence-corrected chi connectivity index (χ3v) is 9.87. The Balaban J connectivity index is 2.16. The summed E-state index contributed by atoms with van der Waals surface area (Å²) < 4.78 is 0. The number of rotatable bonds is 0. The zero-order chi connectivity index (χ0) is 12.7. The van der Waals surface area contributed by atoms with Crippen LogP contribution >= 0.6 is 0 Å². The van der Waals surface area contributed by atoms with Crippen LogP contribution in [-0.2, 0) is 0 Å². The normalized spacial score (nSPS) is 20.4. The molecule has 0 aliphatic carbocycles. The SMILES string of the molecule is C1#C[Se]CCCCC[Se]C#C[Se]CCCCC[Se]1. The van der Waals surface area contributed by atoms with E-state index in [0.717, 1.165) is 0 Å². The summed E-state index contributed by atoms with van der Waals surface area (Å²) in [6.45, 7) is 0. The van der Waals surface area contributed by atoms with Crippen molar-refractivity contribution in [1.29, 1.82) is 0 Å². The van der Waals surface area contributed by atoms with Crippen LogP contribution in [0.25, 0.3) is 0 Å². The van der Waals surface area contributed by atoms with E-state index < -0.39 is 0 Å². The van der Waals surface area contributed by atoms with Crippen molar-refractivity contribution in [3.63, 3.8) is 0 Å². The van der Waals surface area contributed by atoms with E-state index in [1.54, 1.807) is 0 Å². The topological polar surface area (TPSA) is 0 Å². The molecule has 0 unspecified atom stereocenters. The maximum atomic E-state index is 3.41. The first kappa shape index (κ1) is 17.3. The van der Waals surface area contributed by atoms with Gasteiger partial charge in [-0.25, -0.2) is 0 Å². The summed E-state index contributed by atoms with van der Waals surface area (Å²) in [5.74, 6) is 0. The fraction of sp³-hybridized carbons (Fsp3) is 0.714. The van der Waals surface area contributed by atoms with E-state index in [4.69, 9.17) is 0 Å². The van der Waals surface area contributed by atoms with Crippen molar-refractivity contribution in [1.82, 2.24) is 0 Å². The van der Waals surface area contributed by atoms with Crippen LogP contribution in [0.5, 0.6) is 0 Å². The van der Waals surface area contributed by atoms with Crippen LogP contribution in [-0.4, -0.2) is 59.8 Å². The Bertz CT molecular complexity index is 249. The number of hydrogen-bond donors (Lipinski definition) is 0. The maximum absolute atomic E-state index is 3.41. The molecule has 0 aromatic rings. The zero-order valence-electron chi connectivity index (χ0n) is 10.7. The van der Waals surface area contributed by atoms with Gasteiger partial charge >= 0.3 is 139 Å². The standard InChI is InChI=1S/C14H20Se4/c1-3-7-15-11-13-17-9-5-2-6-10-18-14-12-16-8-4-1/h1-10H2. The van der Waals surface area contributed by atoms with Gasteiger partial charge in [-0.1, -0.05) is 0 Å². The molecule has 0 radical (unpaired) electrons. The Hall–Kier alpha value is 1.20. The molecule has 0 aromatic carbocycles. The summed E-state index contributed by atoms with van der Waals surface area (Å²) >= 11 is 2.45. The van der Waals surface area contributed by atoms with E-state index in [1.165, 1.54) is 59.8 Å². The summed E-state index contributed by atoms with van der Waals surface area (Å²) in [7, 11) is 0. The Kier molecular flexibility index (Phi) is 14.0. The minimum absolute atomic E-state index is 0.612. The van der Waals surface area contributed by atoms with E-state index in [2.05, 4.69) is 19.3 Å². The first-order valence-electron chi connectivity index (χ1n) is 6.47. The van der Waals surface area contributed by atoms with Crippen LogP contribution in [0.2, 0.25) is 21.3 Å². The fourth-order valence-corrected chi connectivity index (χ4v) is 8.22. The van der Waals surface area contributed by atoms with Gasteiger partial charge in [-0.2, -0.15) is 0 Å². The molecule has 0 atom stereocenters. The quantitative estimate of drug-likeness (QED) is 0.352. The van der Waals surface area contributed by atoms with Gasteiger partial charge in [0.15, 0.2) is 0 Å². The van der Waals surface area contributed by atoms with Crippen LogP contribution in [0.1, 0.15) is 38.5 Å². The molecule has 1 rings (SSSR count). The van der Waals surface area contributed by atoms with Crippen molar-refractivity contribution in [2.75, 3.05) is 0 Å². The van der Waals surface area contributed by atoms with E-state index in [-0.39, 0.29) is 0 Å².